The van der Waals surface area contributed by atoms with E-state index < -0.39 is 12.0 Å². The van der Waals surface area contributed by atoms with E-state index in [-0.39, 0.29) is 12.3 Å². The summed E-state index contributed by atoms with van der Waals surface area (Å²) in [5.41, 5.74) is 1.28. The lowest BCUT2D eigenvalue weighted by Crippen LogP contribution is -2.30. The quantitative estimate of drug-likeness (QED) is 0.859. The number of amides is 1. The molecular weight excluding hydrogens is 282 g/mol. The summed E-state index contributed by atoms with van der Waals surface area (Å²) >= 11 is 0. The van der Waals surface area contributed by atoms with Crippen molar-refractivity contribution in [3.8, 4) is 0 Å². The van der Waals surface area contributed by atoms with Crippen molar-refractivity contribution in [3.05, 3.63) is 59.5 Å². The van der Waals surface area contributed by atoms with Crippen LogP contribution < -0.4 is 5.32 Å². The zero-order valence-corrected chi connectivity index (χ0v) is 12.0. The molecule has 1 unspecified atom stereocenters. The number of carboxylic acids is 1. The van der Waals surface area contributed by atoms with Crippen molar-refractivity contribution in [2.45, 2.75) is 31.2 Å². The summed E-state index contributed by atoms with van der Waals surface area (Å²) < 4.78 is 5.40. The molecular formula is C17H17NO4. The highest BCUT2D eigenvalue weighted by Gasteiger charge is 2.32. The van der Waals surface area contributed by atoms with E-state index in [1.54, 1.807) is 6.07 Å². The molecule has 0 saturated heterocycles. The zero-order chi connectivity index (χ0) is 15.5. The molecule has 5 heteroatoms. The number of carbonyl (C=O) groups excluding carboxylic acids is 1. The minimum absolute atomic E-state index is 0.160. The van der Waals surface area contributed by atoms with Gasteiger partial charge < -0.3 is 14.8 Å². The number of rotatable bonds is 6. The smallest absolute Gasteiger partial charge is 0.305 e. The second kappa shape index (κ2) is 6.05. The largest absolute Gasteiger partial charge is 0.481 e. The number of carboxylic acid groups (broad SMARTS) is 1. The maximum atomic E-state index is 12.5. The van der Waals surface area contributed by atoms with Gasteiger partial charge in [-0.3, -0.25) is 9.59 Å². The fraction of sp³-hybridized carbons (Fsp3) is 0.294. The van der Waals surface area contributed by atoms with Gasteiger partial charge >= 0.3 is 5.97 Å². The number of nitrogens with one attached hydrogen (secondary N) is 1. The Morgan fingerprint density at radius 2 is 1.95 bits per heavy atom. The number of hydrogen-bond donors (Lipinski definition) is 2. The van der Waals surface area contributed by atoms with Gasteiger partial charge in [0.25, 0.3) is 5.91 Å². The van der Waals surface area contributed by atoms with Gasteiger partial charge in [0, 0.05) is 5.92 Å². The molecule has 2 N–H and O–H groups in total. The molecule has 1 saturated carbocycles. The van der Waals surface area contributed by atoms with Crippen molar-refractivity contribution in [1.29, 1.82) is 0 Å². The predicted octanol–water partition coefficient (Wildman–Crippen LogP) is 3.10. The molecule has 1 fully saturated rings. The Kier molecular flexibility index (Phi) is 3.96. The molecule has 1 atom stereocenters. The van der Waals surface area contributed by atoms with Gasteiger partial charge in [0.05, 0.1) is 24.3 Å². The van der Waals surface area contributed by atoms with Gasteiger partial charge in [0.2, 0.25) is 0 Å². The first-order chi connectivity index (χ1) is 10.6. The average Bonchev–Trinajstić information content (AvgIpc) is 3.24. The van der Waals surface area contributed by atoms with Gasteiger partial charge in [0.1, 0.15) is 5.76 Å². The van der Waals surface area contributed by atoms with Crippen LogP contribution in [0.25, 0.3) is 0 Å². The third kappa shape index (κ3) is 3.19. The first-order valence-corrected chi connectivity index (χ1v) is 7.30. The Bertz CT molecular complexity index is 673. The van der Waals surface area contributed by atoms with Crippen LogP contribution in [0.2, 0.25) is 0 Å². The van der Waals surface area contributed by atoms with Crippen LogP contribution in [0.5, 0.6) is 0 Å². The van der Waals surface area contributed by atoms with Crippen LogP contribution in [0.3, 0.4) is 0 Å². The lowest BCUT2D eigenvalue weighted by Gasteiger charge is -2.17. The summed E-state index contributed by atoms with van der Waals surface area (Å²) in [6.45, 7) is 0. The first kappa shape index (κ1) is 14.4. The molecule has 1 aromatic heterocycles. The maximum Gasteiger partial charge on any atom is 0.305 e. The maximum absolute atomic E-state index is 12.5. The van der Waals surface area contributed by atoms with E-state index >= 15 is 0 Å². The zero-order valence-electron chi connectivity index (χ0n) is 12.0. The van der Waals surface area contributed by atoms with E-state index in [0.29, 0.717) is 17.2 Å². The topological polar surface area (TPSA) is 79.5 Å². The minimum Gasteiger partial charge on any atom is -0.481 e. The monoisotopic (exact) mass is 299 g/mol. The highest BCUT2D eigenvalue weighted by atomic mass is 16.4. The van der Waals surface area contributed by atoms with Gasteiger partial charge in [-0.25, -0.2) is 0 Å². The standard InChI is InChI=1S/C17H17NO4/c19-15(20)10-14(11-4-2-1-3-5-11)18-17(21)13-8-9-22-16(13)12-6-7-12/h1-5,8-9,12,14H,6-7,10H2,(H,18,21)(H,19,20). The van der Waals surface area contributed by atoms with Gasteiger partial charge in [-0.15, -0.1) is 0 Å². The second-order valence-corrected chi connectivity index (χ2v) is 5.51. The second-order valence-electron chi connectivity index (χ2n) is 5.51. The molecule has 1 amide bonds. The Hall–Kier alpha value is -2.56. The molecule has 5 nitrogen and oxygen atoms in total. The van der Waals surface area contributed by atoms with Crippen molar-refractivity contribution in [1.82, 2.24) is 5.32 Å². The van der Waals surface area contributed by atoms with Crippen molar-refractivity contribution >= 4 is 11.9 Å². The van der Waals surface area contributed by atoms with E-state index in [1.165, 1.54) is 6.26 Å². The molecule has 1 heterocycles. The molecule has 1 aliphatic rings. The van der Waals surface area contributed by atoms with Gasteiger partial charge in [0.15, 0.2) is 0 Å². The number of carbonyl (C=O) groups is 2. The molecule has 1 aliphatic carbocycles. The highest BCUT2D eigenvalue weighted by Crippen LogP contribution is 2.42. The summed E-state index contributed by atoms with van der Waals surface area (Å²) in [7, 11) is 0. The Balaban J connectivity index is 1.79. The summed E-state index contributed by atoms with van der Waals surface area (Å²) in [5, 5.41) is 11.9. The summed E-state index contributed by atoms with van der Waals surface area (Å²) in [6.07, 6.45) is 3.42. The van der Waals surface area contributed by atoms with E-state index in [0.717, 1.165) is 18.4 Å². The van der Waals surface area contributed by atoms with Gasteiger partial charge in [-0.2, -0.15) is 0 Å². The predicted molar refractivity (Wildman–Crippen MR) is 79.6 cm³/mol. The summed E-state index contributed by atoms with van der Waals surface area (Å²) in [5.74, 6) is -0.209. The molecule has 0 aliphatic heterocycles. The number of aliphatic carboxylic acids is 1. The van der Waals surface area contributed by atoms with Crippen LogP contribution in [0.4, 0.5) is 0 Å². The molecule has 114 valence electrons. The fourth-order valence-corrected chi connectivity index (χ4v) is 2.52. The Morgan fingerprint density at radius 1 is 1.23 bits per heavy atom. The van der Waals surface area contributed by atoms with Crippen molar-refractivity contribution in [2.24, 2.45) is 0 Å². The van der Waals surface area contributed by atoms with Crippen LogP contribution >= 0.6 is 0 Å². The Labute approximate surface area is 127 Å². The van der Waals surface area contributed by atoms with E-state index in [9.17, 15) is 9.59 Å². The third-order valence-electron chi connectivity index (χ3n) is 3.77. The first-order valence-electron chi connectivity index (χ1n) is 7.30. The normalized spacial score (nSPS) is 15.3. The SMILES string of the molecule is O=C(O)CC(NC(=O)c1ccoc1C1CC1)c1ccccc1. The third-order valence-corrected chi connectivity index (χ3v) is 3.77. The molecule has 0 spiro atoms. The average molecular weight is 299 g/mol. The van der Waals surface area contributed by atoms with Crippen LogP contribution in [0, 0.1) is 0 Å². The minimum atomic E-state index is -0.955. The summed E-state index contributed by atoms with van der Waals surface area (Å²) in [6, 6.07) is 10.2. The van der Waals surface area contributed by atoms with Crippen LogP contribution in [0.15, 0.2) is 47.1 Å². The van der Waals surface area contributed by atoms with Gasteiger partial charge in [-0.1, -0.05) is 30.3 Å². The lowest BCUT2D eigenvalue weighted by atomic mass is 10.0. The molecule has 22 heavy (non-hydrogen) atoms. The molecule has 2 aromatic rings. The fourth-order valence-electron chi connectivity index (χ4n) is 2.52. The molecule has 3 rings (SSSR count). The van der Waals surface area contributed by atoms with Crippen LogP contribution in [-0.2, 0) is 4.79 Å². The van der Waals surface area contributed by atoms with Crippen molar-refractivity contribution < 1.29 is 19.1 Å². The van der Waals surface area contributed by atoms with Gasteiger partial charge in [-0.05, 0) is 24.5 Å². The van der Waals surface area contributed by atoms with E-state index in [4.69, 9.17) is 9.52 Å². The van der Waals surface area contributed by atoms with Crippen molar-refractivity contribution in [3.63, 3.8) is 0 Å². The number of furan rings is 1. The number of hydrogen-bond acceptors (Lipinski definition) is 3. The molecule has 1 aromatic carbocycles. The van der Waals surface area contributed by atoms with Crippen molar-refractivity contribution in [2.75, 3.05) is 0 Å². The Morgan fingerprint density at radius 3 is 2.59 bits per heavy atom. The van der Waals surface area contributed by atoms with E-state index in [2.05, 4.69) is 5.32 Å². The number of benzene rings is 1. The lowest BCUT2D eigenvalue weighted by molar-refractivity contribution is -0.137. The van der Waals surface area contributed by atoms with Crippen LogP contribution in [-0.4, -0.2) is 17.0 Å². The molecule has 0 bridgehead atoms. The van der Waals surface area contributed by atoms with Crippen LogP contribution in [0.1, 0.15) is 52.9 Å². The molecule has 0 radical (unpaired) electrons. The van der Waals surface area contributed by atoms with E-state index in [1.807, 2.05) is 30.3 Å². The highest BCUT2D eigenvalue weighted by molar-refractivity contribution is 5.95. The summed E-state index contributed by atoms with van der Waals surface area (Å²) in [4.78, 5) is 23.5.